The fourth-order valence-electron chi connectivity index (χ4n) is 2.53. The summed E-state index contributed by atoms with van der Waals surface area (Å²) in [5.74, 6) is 1.77. The van der Waals surface area contributed by atoms with Crippen LogP contribution < -0.4 is 5.73 Å². The number of hydrogen-bond donors (Lipinski definition) is 1. The van der Waals surface area contributed by atoms with Gasteiger partial charge in [-0.2, -0.15) is 0 Å². The molecular weight excluding hydrogens is 236 g/mol. The van der Waals surface area contributed by atoms with Crippen molar-refractivity contribution in [1.29, 1.82) is 0 Å². The van der Waals surface area contributed by atoms with Crippen LogP contribution in [-0.4, -0.2) is 4.98 Å². The Bertz CT molecular complexity index is 725. The summed E-state index contributed by atoms with van der Waals surface area (Å²) < 4.78 is 5.57. The molecule has 0 aliphatic heterocycles. The number of pyridine rings is 1. The van der Waals surface area contributed by atoms with Crippen molar-refractivity contribution < 1.29 is 4.42 Å². The van der Waals surface area contributed by atoms with Crippen molar-refractivity contribution in [2.24, 2.45) is 5.73 Å². The van der Waals surface area contributed by atoms with E-state index in [-0.39, 0.29) is 6.04 Å². The zero-order valence-corrected chi connectivity index (χ0v) is 11.1. The van der Waals surface area contributed by atoms with E-state index in [1.165, 1.54) is 0 Å². The summed E-state index contributed by atoms with van der Waals surface area (Å²) in [4.78, 5) is 4.37. The summed E-state index contributed by atoms with van der Waals surface area (Å²) >= 11 is 0. The topological polar surface area (TPSA) is 52.0 Å². The molecule has 0 radical (unpaired) electrons. The van der Waals surface area contributed by atoms with Crippen LogP contribution in [-0.2, 0) is 0 Å². The fraction of sp³-hybridized carbons (Fsp3) is 0.188. The molecule has 2 aromatic heterocycles. The van der Waals surface area contributed by atoms with Gasteiger partial charge in [0.2, 0.25) is 0 Å². The maximum absolute atomic E-state index is 6.41. The third-order valence-electron chi connectivity index (χ3n) is 3.43. The zero-order valence-electron chi connectivity index (χ0n) is 11.1. The van der Waals surface area contributed by atoms with Gasteiger partial charge in [-0.15, -0.1) is 0 Å². The molecule has 0 spiro atoms. The number of aromatic nitrogens is 1. The van der Waals surface area contributed by atoms with Crippen LogP contribution in [0.25, 0.3) is 10.9 Å². The predicted octanol–water partition coefficient (Wildman–Crippen LogP) is 3.49. The van der Waals surface area contributed by atoms with Crippen molar-refractivity contribution in [1.82, 2.24) is 4.98 Å². The first-order chi connectivity index (χ1) is 9.16. The molecule has 1 atom stereocenters. The van der Waals surface area contributed by atoms with Gasteiger partial charge in [-0.05, 0) is 37.6 Å². The van der Waals surface area contributed by atoms with Crippen molar-refractivity contribution in [2.45, 2.75) is 19.9 Å². The highest BCUT2D eigenvalue weighted by atomic mass is 16.3. The van der Waals surface area contributed by atoms with Gasteiger partial charge in [0.1, 0.15) is 11.5 Å². The number of fused-ring (bicyclic) bond motifs is 1. The van der Waals surface area contributed by atoms with E-state index >= 15 is 0 Å². The van der Waals surface area contributed by atoms with E-state index < -0.39 is 0 Å². The lowest BCUT2D eigenvalue weighted by Gasteiger charge is -2.13. The third-order valence-corrected chi connectivity index (χ3v) is 3.43. The zero-order chi connectivity index (χ0) is 13.4. The van der Waals surface area contributed by atoms with E-state index in [9.17, 15) is 0 Å². The Kier molecular flexibility index (Phi) is 2.84. The molecule has 0 bridgehead atoms. The third kappa shape index (κ3) is 2.02. The van der Waals surface area contributed by atoms with Crippen LogP contribution in [0.1, 0.15) is 28.7 Å². The summed E-state index contributed by atoms with van der Waals surface area (Å²) in [5, 5.41) is 1.09. The molecule has 2 N–H and O–H groups in total. The Labute approximate surface area is 112 Å². The van der Waals surface area contributed by atoms with Crippen molar-refractivity contribution in [2.75, 3.05) is 0 Å². The molecule has 0 aliphatic carbocycles. The number of nitrogens with two attached hydrogens (primary N) is 1. The van der Waals surface area contributed by atoms with Crippen LogP contribution in [0.2, 0.25) is 0 Å². The predicted molar refractivity (Wildman–Crippen MR) is 76.0 cm³/mol. The quantitative estimate of drug-likeness (QED) is 0.759. The molecule has 0 amide bonds. The SMILES string of the molecule is Cc1cc(C(N)c2cccc3ncccc23)c(C)o1. The molecule has 96 valence electrons. The second-order valence-electron chi connectivity index (χ2n) is 4.76. The monoisotopic (exact) mass is 252 g/mol. The maximum atomic E-state index is 6.41. The molecule has 0 saturated heterocycles. The Morgan fingerprint density at radius 3 is 2.68 bits per heavy atom. The minimum Gasteiger partial charge on any atom is -0.466 e. The highest BCUT2D eigenvalue weighted by Gasteiger charge is 2.17. The average molecular weight is 252 g/mol. The highest BCUT2D eigenvalue weighted by Crippen LogP contribution is 2.29. The standard InChI is InChI=1S/C16H16N2O/c1-10-9-14(11(2)19-10)16(17)13-5-3-7-15-12(13)6-4-8-18-15/h3-9,16H,17H2,1-2H3. The molecule has 3 nitrogen and oxygen atoms in total. The van der Waals surface area contributed by atoms with Crippen LogP contribution >= 0.6 is 0 Å². The van der Waals surface area contributed by atoms with E-state index in [1.54, 1.807) is 6.20 Å². The van der Waals surface area contributed by atoms with Gasteiger partial charge in [-0.1, -0.05) is 18.2 Å². The number of hydrogen-bond acceptors (Lipinski definition) is 3. The van der Waals surface area contributed by atoms with Crippen molar-refractivity contribution >= 4 is 10.9 Å². The normalized spacial score (nSPS) is 12.8. The molecule has 2 heterocycles. The first-order valence-electron chi connectivity index (χ1n) is 6.33. The first-order valence-corrected chi connectivity index (χ1v) is 6.33. The molecular formula is C16H16N2O. The molecule has 19 heavy (non-hydrogen) atoms. The number of rotatable bonds is 2. The van der Waals surface area contributed by atoms with Gasteiger partial charge in [0.15, 0.2) is 0 Å². The highest BCUT2D eigenvalue weighted by molar-refractivity contribution is 5.82. The van der Waals surface area contributed by atoms with Crippen LogP contribution in [0.15, 0.2) is 47.0 Å². The van der Waals surface area contributed by atoms with Gasteiger partial charge >= 0.3 is 0 Å². The number of benzene rings is 1. The van der Waals surface area contributed by atoms with Crippen molar-refractivity contribution in [3.05, 3.63) is 65.2 Å². The van der Waals surface area contributed by atoms with Gasteiger partial charge in [0.05, 0.1) is 11.6 Å². The molecule has 0 fully saturated rings. The fourth-order valence-corrected chi connectivity index (χ4v) is 2.53. The minimum absolute atomic E-state index is 0.189. The van der Waals surface area contributed by atoms with Crippen molar-refractivity contribution in [3.63, 3.8) is 0 Å². The second kappa shape index (κ2) is 4.52. The summed E-state index contributed by atoms with van der Waals surface area (Å²) in [6.45, 7) is 3.89. The van der Waals surface area contributed by atoms with Gasteiger partial charge in [0, 0.05) is 17.1 Å². The van der Waals surface area contributed by atoms with Gasteiger partial charge < -0.3 is 10.2 Å². The van der Waals surface area contributed by atoms with E-state index in [2.05, 4.69) is 17.1 Å². The Balaban J connectivity index is 2.16. The van der Waals surface area contributed by atoms with Gasteiger partial charge in [-0.25, -0.2) is 0 Å². The smallest absolute Gasteiger partial charge is 0.106 e. The summed E-state index contributed by atoms with van der Waals surface area (Å²) in [7, 11) is 0. The number of furan rings is 1. The van der Waals surface area contributed by atoms with Gasteiger partial charge in [-0.3, -0.25) is 4.98 Å². The van der Waals surface area contributed by atoms with E-state index in [0.29, 0.717) is 0 Å². The molecule has 0 saturated carbocycles. The molecule has 3 rings (SSSR count). The molecule has 0 aliphatic rings. The van der Waals surface area contributed by atoms with Crippen LogP contribution in [0.4, 0.5) is 0 Å². The Morgan fingerprint density at radius 1 is 1.11 bits per heavy atom. The lowest BCUT2D eigenvalue weighted by Crippen LogP contribution is -2.12. The van der Waals surface area contributed by atoms with Crippen molar-refractivity contribution in [3.8, 4) is 0 Å². The second-order valence-corrected chi connectivity index (χ2v) is 4.76. The number of nitrogens with zero attached hydrogens (tertiary/aromatic N) is 1. The van der Waals surface area contributed by atoms with E-state index in [0.717, 1.165) is 33.6 Å². The lowest BCUT2D eigenvalue weighted by atomic mass is 9.96. The summed E-state index contributed by atoms with van der Waals surface area (Å²) in [6, 6.07) is 11.9. The Morgan fingerprint density at radius 2 is 1.95 bits per heavy atom. The molecule has 1 unspecified atom stereocenters. The van der Waals surface area contributed by atoms with Gasteiger partial charge in [0.25, 0.3) is 0 Å². The lowest BCUT2D eigenvalue weighted by molar-refractivity contribution is 0.500. The molecule has 3 heteroatoms. The first kappa shape index (κ1) is 11.9. The Hall–Kier alpha value is -2.13. The summed E-state index contributed by atoms with van der Waals surface area (Å²) in [5.41, 5.74) is 9.49. The minimum atomic E-state index is -0.189. The van der Waals surface area contributed by atoms with Crippen LogP contribution in [0.3, 0.4) is 0 Å². The van der Waals surface area contributed by atoms with Crippen LogP contribution in [0.5, 0.6) is 0 Å². The van der Waals surface area contributed by atoms with Crippen LogP contribution in [0, 0.1) is 13.8 Å². The largest absolute Gasteiger partial charge is 0.466 e. The maximum Gasteiger partial charge on any atom is 0.106 e. The average Bonchev–Trinajstić information content (AvgIpc) is 2.76. The molecule has 1 aromatic carbocycles. The summed E-state index contributed by atoms with van der Waals surface area (Å²) in [6.07, 6.45) is 1.80. The van der Waals surface area contributed by atoms with E-state index in [4.69, 9.17) is 10.2 Å². The molecule has 3 aromatic rings. The number of aryl methyl sites for hydroxylation is 2. The van der Waals surface area contributed by atoms with E-state index in [1.807, 2.05) is 38.1 Å².